The Kier molecular flexibility index (Phi) is 4.72. The molecule has 0 amide bonds. The Hall–Kier alpha value is -1.91. The molecule has 0 spiro atoms. The molecule has 0 aliphatic heterocycles. The highest BCUT2D eigenvalue weighted by molar-refractivity contribution is 9.10. The second kappa shape index (κ2) is 7.01. The molecular formula is C16H14BrN5O2S2. The Bertz CT molecular complexity index is 1130. The minimum Gasteiger partial charge on any atom is -0.446 e. The fourth-order valence-corrected chi connectivity index (χ4v) is 4.55. The molecule has 134 valence electrons. The van der Waals surface area contributed by atoms with Crippen molar-refractivity contribution in [2.75, 3.05) is 0 Å². The summed E-state index contributed by atoms with van der Waals surface area (Å²) in [5, 5.41) is 11.2. The van der Waals surface area contributed by atoms with Crippen LogP contribution in [0.1, 0.15) is 25.6 Å². The zero-order chi connectivity index (χ0) is 18.3. The average molecular weight is 452 g/mol. The number of rotatable bonds is 5. The van der Waals surface area contributed by atoms with E-state index >= 15 is 0 Å². The van der Waals surface area contributed by atoms with Crippen LogP contribution in [0.4, 0.5) is 0 Å². The Morgan fingerprint density at radius 1 is 1.35 bits per heavy atom. The summed E-state index contributed by atoms with van der Waals surface area (Å²) >= 11 is 6.26. The SMILES string of the molecule is CC(C)n1c(SCc2cc(=O)n3ccsc3n2)nnc1-c1ccc(Br)o1. The third-order valence-electron chi connectivity index (χ3n) is 3.68. The number of hydrogen-bond donors (Lipinski definition) is 0. The molecule has 0 radical (unpaired) electrons. The van der Waals surface area contributed by atoms with Gasteiger partial charge in [0.2, 0.25) is 5.82 Å². The van der Waals surface area contributed by atoms with Crippen molar-refractivity contribution in [1.82, 2.24) is 24.1 Å². The van der Waals surface area contributed by atoms with E-state index in [-0.39, 0.29) is 11.6 Å². The fraction of sp³-hybridized carbons (Fsp3) is 0.250. The normalized spacial score (nSPS) is 11.7. The number of hydrogen-bond acceptors (Lipinski definition) is 7. The zero-order valence-electron chi connectivity index (χ0n) is 13.9. The summed E-state index contributed by atoms with van der Waals surface area (Å²) in [5.41, 5.74) is 0.654. The Balaban J connectivity index is 1.63. The predicted molar refractivity (Wildman–Crippen MR) is 105 cm³/mol. The molecule has 7 nitrogen and oxygen atoms in total. The molecule has 0 saturated carbocycles. The quantitative estimate of drug-likeness (QED) is 0.422. The Labute approximate surface area is 165 Å². The lowest BCUT2D eigenvalue weighted by molar-refractivity contribution is 0.519. The second-order valence-corrected chi connectivity index (χ2v) is 8.40. The van der Waals surface area contributed by atoms with Crippen LogP contribution in [0.2, 0.25) is 0 Å². The van der Waals surface area contributed by atoms with Crippen LogP contribution in [0.5, 0.6) is 0 Å². The first-order chi connectivity index (χ1) is 12.5. The van der Waals surface area contributed by atoms with Crippen LogP contribution >= 0.6 is 39.0 Å². The lowest BCUT2D eigenvalue weighted by atomic mass is 10.3. The van der Waals surface area contributed by atoms with Crippen molar-refractivity contribution in [2.45, 2.75) is 30.8 Å². The maximum Gasteiger partial charge on any atom is 0.258 e. The van der Waals surface area contributed by atoms with Gasteiger partial charge < -0.3 is 4.42 Å². The highest BCUT2D eigenvalue weighted by atomic mass is 79.9. The van der Waals surface area contributed by atoms with Crippen LogP contribution in [-0.4, -0.2) is 24.1 Å². The van der Waals surface area contributed by atoms with E-state index in [1.807, 2.05) is 22.1 Å². The first-order valence-corrected chi connectivity index (χ1v) is 10.5. The molecule has 0 N–H and O–H groups in total. The molecule has 0 unspecified atom stereocenters. The lowest BCUT2D eigenvalue weighted by Crippen LogP contribution is -2.12. The van der Waals surface area contributed by atoms with E-state index in [1.165, 1.54) is 23.1 Å². The molecule has 4 aromatic rings. The van der Waals surface area contributed by atoms with Crippen molar-refractivity contribution >= 4 is 44.0 Å². The van der Waals surface area contributed by atoms with Crippen LogP contribution in [-0.2, 0) is 5.75 Å². The van der Waals surface area contributed by atoms with E-state index in [0.29, 0.717) is 27.0 Å². The molecule has 0 saturated heterocycles. The third-order valence-corrected chi connectivity index (χ3v) is 5.84. The summed E-state index contributed by atoms with van der Waals surface area (Å²) in [7, 11) is 0. The largest absolute Gasteiger partial charge is 0.446 e. The molecule has 10 heteroatoms. The molecule has 0 bridgehead atoms. The van der Waals surface area contributed by atoms with Gasteiger partial charge in [0.15, 0.2) is 20.5 Å². The summed E-state index contributed by atoms with van der Waals surface area (Å²) < 4.78 is 9.83. The topological polar surface area (TPSA) is 78.2 Å². The molecule has 4 rings (SSSR count). The van der Waals surface area contributed by atoms with Gasteiger partial charge in [-0.15, -0.1) is 21.5 Å². The highest BCUT2D eigenvalue weighted by Gasteiger charge is 2.19. The van der Waals surface area contributed by atoms with E-state index in [9.17, 15) is 4.79 Å². The number of thioether (sulfide) groups is 1. The van der Waals surface area contributed by atoms with Crippen LogP contribution in [0, 0.1) is 0 Å². The van der Waals surface area contributed by atoms with Gasteiger partial charge in [0.1, 0.15) is 0 Å². The first-order valence-electron chi connectivity index (χ1n) is 7.82. The van der Waals surface area contributed by atoms with Crippen molar-refractivity contribution < 1.29 is 4.42 Å². The van der Waals surface area contributed by atoms with E-state index < -0.39 is 0 Å². The monoisotopic (exact) mass is 451 g/mol. The molecule has 0 fully saturated rings. The lowest BCUT2D eigenvalue weighted by Gasteiger charge is -2.12. The number of halogens is 1. The molecule has 4 aromatic heterocycles. The predicted octanol–water partition coefficient (Wildman–Crippen LogP) is 4.24. The van der Waals surface area contributed by atoms with E-state index in [4.69, 9.17) is 4.42 Å². The maximum atomic E-state index is 12.1. The van der Waals surface area contributed by atoms with Crippen LogP contribution in [0.15, 0.2) is 48.8 Å². The first kappa shape index (κ1) is 17.5. The number of fused-ring (bicyclic) bond motifs is 1. The molecule has 0 aliphatic rings. The van der Waals surface area contributed by atoms with Gasteiger partial charge in [0, 0.05) is 29.4 Å². The van der Waals surface area contributed by atoms with Crippen molar-refractivity contribution in [1.29, 1.82) is 0 Å². The minimum atomic E-state index is -0.0710. The molecule has 0 atom stereocenters. The van der Waals surface area contributed by atoms with Gasteiger partial charge in [0.05, 0.1) is 5.69 Å². The van der Waals surface area contributed by atoms with Crippen molar-refractivity contribution in [2.24, 2.45) is 0 Å². The molecule has 0 aromatic carbocycles. The van der Waals surface area contributed by atoms with Crippen LogP contribution in [0.25, 0.3) is 16.5 Å². The molecular weight excluding hydrogens is 438 g/mol. The van der Waals surface area contributed by atoms with Crippen LogP contribution in [0.3, 0.4) is 0 Å². The second-order valence-electron chi connectivity index (χ2n) is 5.80. The number of nitrogens with zero attached hydrogens (tertiary/aromatic N) is 5. The summed E-state index contributed by atoms with van der Waals surface area (Å²) in [5.74, 6) is 1.87. The van der Waals surface area contributed by atoms with Gasteiger partial charge in [-0.1, -0.05) is 11.8 Å². The summed E-state index contributed by atoms with van der Waals surface area (Å²) in [4.78, 5) is 17.3. The van der Waals surface area contributed by atoms with Gasteiger partial charge in [-0.2, -0.15) is 0 Å². The van der Waals surface area contributed by atoms with E-state index in [1.54, 1.807) is 16.7 Å². The highest BCUT2D eigenvalue weighted by Crippen LogP contribution is 2.31. The number of thiazole rings is 1. The average Bonchev–Trinajstić information content (AvgIpc) is 3.31. The summed E-state index contributed by atoms with van der Waals surface area (Å²) in [6, 6.07) is 5.40. The van der Waals surface area contributed by atoms with E-state index in [2.05, 4.69) is 45.0 Å². The van der Waals surface area contributed by atoms with Gasteiger partial charge in [-0.3, -0.25) is 13.8 Å². The van der Waals surface area contributed by atoms with Gasteiger partial charge >= 0.3 is 0 Å². The standard InChI is InChI=1S/C16H14BrN5O2S2/c1-9(2)22-14(11-3-4-12(17)24-11)19-20-16(22)26-8-10-7-13(23)21-5-6-25-15(21)18-10/h3-7,9H,8H2,1-2H3. The zero-order valence-corrected chi connectivity index (χ0v) is 17.1. The molecule has 0 aliphatic carbocycles. The Morgan fingerprint density at radius 3 is 2.92 bits per heavy atom. The fourth-order valence-electron chi connectivity index (χ4n) is 2.54. The van der Waals surface area contributed by atoms with Gasteiger partial charge in [0.25, 0.3) is 5.56 Å². The van der Waals surface area contributed by atoms with Crippen molar-refractivity contribution in [3.05, 3.63) is 50.5 Å². The van der Waals surface area contributed by atoms with Crippen molar-refractivity contribution in [3.8, 4) is 11.6 Å². The smallest absolute Gasteiger partial charge is 0.258 e. The third kappa shape index (κ3) is 3.24. The van der Waals surface area contributed by atoms with E-state index in [0.717, 1.165) is 10.9 Å². The van der Waals surface area contributed by atoms with Crippen molar-refractivity contribution in [3.63, 3.8) is 0 Å². The number of aromatic nitrogens is 5. The van der Waals surface area contributed by atoms with Gasteiger partial charge in [-0.05, 0) is 41.9 Å². The maximum absolute atomic E-state index is 12.1. The van der Waals surface area contributed by atoms with Crippen LogP contribution < -0.4 is 5.56 Å². The minimum absolute atomic E-state index is 0.0710. The summed E-state index contributed by atoms with van der Waals surface area (Å²) in [6.07, 6.45) is 1.73. The van der Waals surface area contributed by atoms with Gasteiger partial charge in [-0.25, -0.2) is 4.98 Å². The molecule has 26 heavy (non-hydrogen) atoms. The Morgan fingerprint density at radius 2 is 2.19 bits per heavy atom. The summed E-state index contributed by atoms with van der Waals surface area (Å²) in [6.45, 7) is 4.13. The molecule has 4 heterocycles. The number of furan rings is 1.